The van der Waals surface area contributed by atoms with Gasteiger partial charge < -0.3 is 10.1 Å². The van der Waals surface area contributed by atoms with Crippen LogP contribution in [0.3, 0.4) is 0 Å². The summed E-state index contributed by atoms with van der Waals surface area (Å²) in [5.74, 6) is 0.861. The first-order chi connectivity index (χ1) is 10.1. The van der Waals surface area contributed by atoms with Crippen LogP contribution in [0.2, 0.25) is 0 Å². The standard InChI is InChI=1S/C18H21NO2/c1-14-8-9-17(12-15(14)2)21-11-10-19-18(20)13-16-6-4-3-5-7-16/h3-9,12H,10-11,13H2,1-2H3,(H,19,20). The van der Waals surface area contributed by atoms with Gasteiger partial charge in [-0.1, -0.05) is 36.4 Å². The number of rotatable bonds is 6. The normalized spacial score (nSPS) is 10.2. The van der Waals surface area contributed by atoms with E-state index in [1.165, 1.54) is 11.1 Å². The molecule has 0 radical (unpaired) electrons. The number of hydrogen-bond acceptors (Lipinski definition) is 2. The number of amides is 1. The minimum Gasteiger partial charge on any atom is -0.492 e. The lowest BCUT2D eigenvalue weighted by Crippen LogP contribution is -2.29. The van der Waals surface area contributed by atoms with Gasteiger partial charge in [0.1, 0.15) is 12.4 Å². The second-order valence-electron chi connectivity index (χ2n) is 5.11. The number of aryl methyl sites for hydroxylation is 2. The Hall–Kier alpha value is -2.29. The molecule has 0 spiro atoms. The summed E-state index contributed by atoms with van der Waals surface area (Å²) in [5.41, 5.74) is 3.48. The molecule has 0 bridgehead atoms. The Morgan fingerprint density at radius 1 is 1.05 bits per heavy atom. The van der Waals surface area contributed by atoms with Gasteiger partial charge in [0.25, 0.3) is 0 Å². The molecule has 0 unspecified atom stereocenters. The van der Waals surface area contributed by atoms with Gasteiger partial charge in [-0.3, -0.25) is 4.79 Å². The molecule has 0 aliphatic heterocycles. The van der Waals surface area contributed by atoms with Crippen molar-refractivity contribution in [3.63, 3.8) is 0 Å². The quantitative estimate of drug-likeness (QED) is 0.828. The topological polar surface area (TPSA) is 38.3 Å². The Morgan fingerprint density at radius 2 is 1.81 bits per heavy atom. The summed E-state index contributed by atoms with van der Waals surface area (Å²) >= 11 is 0. The Balaban J connectivity index is 1.69. The summed E-state index contributed by atoms with van der Waals surface area (Å²) in [6.07, 6.45) is 0.407. The lowest BCUT2D eigenvalue weighted by atomic mass is 10.1. The molecule has 3 nitrogen and oxygen atoms in total. The minimum absolute atomic E-state index is 0.0184. The fourth-order valence-electron chi connectivity index (χ4n) is 2.01. The highest BCUT2D eigenvalue weighted by Gasteiger charge is 2.02. The van der Waals surface area contributed by atoms with Gasteiger partial charge in [-0.05, 0) is 42.7 Å². The second-order valence-corrected chi connectivity index (χ2v) is 5.11. The molecular weight excluding hydrogens is 262 g/mol. The summed E-state index contributed by atoms with van der Waals surface area (Å²) < 4.78 is 5.63. The maximum atomic E-state index is 11.8. The Morgan fingerprint density at radius 3 is 2.52 bits per heavy atom. The molecule has 0 aromatic heterocycles. The van der Waals surface area contributed by atoms with E-state index >= 15 is 0 Å². The fourth-order valence-corrected chi connectivity index (χ4v) is 2.01. The first-order valence-corrected chi connectivity index (χ1v) is 7.16. The first-order valence-electron chi connectivity index (χ1n) is 7.16. The first kappa shape index (κ1) is 15.1. The van der Waals surface area contributed by atoms with Gasteiger partial charge in [0.05, 0.1) is 13.0 Å². The lowest BCUT2D eigenvalue weighted by molar-refractivity contribution is -0.120. The predicted octanol–water partition coefficient (Wildman–Crippen LogP) is 3.04. The highest BCUT2D eigenvalue weighted by atomic mass is 16.5. The van der Waals surface area contributed by atoms with E-state index in [4.69, 9.17) is 4.74 Å². The van der Waals surface area contributed by atoms with Crippen molar-refractivity contribution in [2.45, 2.75) is 20.3 Å². The van der Waals surface area contributed by atoms with Crippen LogP contribution < -0.4 is 10.1 Å². The van der Waals surface area contributed by atoms with Crippen LogP contribution in [-0.4, -0.2) is 19.1 Å². The summed E-state index contributed by atoms with van der Waals surface area (Å²) in [6, 6.07) is 15.7. The highest BCUT2D eigenvalue weighted by Crippen LogP contribution is 2.15. The number of carbonyl (C=O) groups is 1. The molecule has 1 amide bonds. The average Bonchev–Trinajstić information content (AvgIpc) is 2.48. The van der Waals surface area contributed by atoms with Gasteiger partial charge >= 0.3 is 0 Å². The number of hydrogen-bond donors (Lipinski definition) is 1. The zero-order valence-electron chi connectivity index (χ0n) is 12.6. The maximum Gasteiger partial charge on any atom is 0.224 e. The van der Waals surface area contributed by atoms with Crippen LogP contribution in [-0.2, 0) is 11.2 Å². The Bertz CT molecular complexity index is 593. The van der Waals surface area contributed by atoms with Crippen LogP contribution in [0, 0.1) is 13.8 Å². The molecule has 0 aliphatic rings. The number of benzene rings is 2. The zero-order chi connectivity index (χ0) is 15.1. The third kappa shape index (κ3) is 4.95. The molecule has 0 fully saturated rings. The van der Waals surface area contributed by atoms with E-state index in [1.54, 1.807) is 0 Å². The molecular formula is C18H21NO2. The highest BCUT2D eigenvalue weighted by molar-refractivity contribution is 5.78. The summed E-state index contributed by atoms with van der Waals surface area (Å²) in [6.45, 7) is 5.12. The molecule has 2 rings (SSSR count). The minimum atomic E-state index is 0.0184. The van der Waals surface area contributed by atoms with Crippen LogP contribution in [0.15, 0.2) is 48.5 Å². The molecule has 2 aromatic rings. The largest absolute Gasteiger partial charge is 0.492 e. The molecule has 0 heterocycles. The molecule has 0 atom stereocenters. The van der Waals surface area contributed by atoms with Gasteiger partial charge in [0, 0.05) is 0 Å². The molecule has 0 saturated heterocycles. The molecule has 110 valence electrons. The third-order valence-corrected chi connectivity index (χ3v) is 3.38. The van der Waals surface area contributed by atoms with E-state index in [0.29, 0.717) is 19.6 Å². The number of nitrogens with one attached hydrogen (secondary N) is 1. The average molecular weight is 283 g/mol. The van der Waals surface area contributed by atoms with Crippen molar-refractivity contribution in [2.75, 3.05) is 13.2 Å². The van der Waals surface area contributed by atoms with Crippen molar-refractivity contribution in [3.05, 3.63) is 65.2 Å². The van der Waals surface area contributed by atoms with E-state index in [-0.39, 0.29) is 5.91 Å². The van der Waals surface area contributed by atoms with Gasteiger partial charge in [-0.25, -0.2) is 0 Å². The van der Waals surface area contributed by atoms with Crippen LogP contribution in [0.1, 0.15) is 16.7 Å². The second kappa shape index (κ2) is 7.48. The molecule has 0 saturated carbocycles. The SMILES string of the molecule is Cc1ccc(OCCNC(=O)Cc2ccccc2)cc1C. The van der Waals surface area contributed by atoms with E-state index in [9.17, 15) is 4.79 Å². The van der Waals surface area contributed by atoms with Crippen molar-refractivity contribution in [3.8, 4) is 5.75 Å². The van der Waals surface area contributed by atoms with Crippen molar-refractivity contribution in [1.29, 1.82) is 0 Å². The Labute approximate surface area is 126 Å². The summed E-state index contributed by atoms with van der Waals surface area (Å²) in [5, 5.41) is 2.86. The van der Waals surface area contributed by atoms with Crippen LogP contribution in [0.5, 0.6) is 5.75 Å². The van der Waals surface area contributed by atoms with Crippen molar-refractivity contribution in [2.24, 2.45) is 0 Å². The van der Waals surface area contributed by atoms with Crippen molar-refractivity contribution < 1.29 is 9.53 Å². The Kier molecular flexibility index (Phi) is 5.38. The molecule has 21 heavy (non-hydrogen) atoms. The number of ether oxygens (including phenoxy) is 1. The molecule has 0 aliphatic carbocycles. The van der Waals surface area contributed by atoms with Gasteiger partial charge in [0.15, 0.2) is 0 Å². The maximum absolute atomic E-state index is 11.8. The van der Waals surface area contributed by atoms with Crippen molar-refractivity contribution in [1.82, 2.24) is 5.32 Å². The molecule has 2 aromatic carbocycles. The summed E-state index contributed by atoms with van der Waals surface area (Å²) in [7, 11) is 0. The van der Waals surface area contributed by atoms with Crippen LogP contribution >= 0.6 is 0 Å². The lowest BCUT2D eigenvalue weighted by Gasteiger charge is -2.09. The van der Waals surface area contributed by atoms with Gasteiger partial charge in [-0.2, -0.15) is 0 Å². The third-order valence-electron chi connectivity index (χ3n) is 3.38. The predicted molar refractivity (Wildman–Crippen MR) is 84.6 cm³/mol. The zero-order valence-corrected chi connectivity index (χ0v) is 12.6. The van der Waals surface area contributed by atoms with Gasteiger partial charge in [-0.15, -0.1) is 0 Å². The van der Waals surface area contributed by atoms with Crippen molar-refractivity contribution >= 4 is 5.91 Å². The fraction of sp³-hybridized carbons (Fsp3) is 0.278. The monoisotopic (exact) mass is 283 g/mol. The molecule has 3 heteroatoms. The summed E-state index contributed by atoms with van der Waals surface area (Å²) in [4.78, 5) is 11.8. The smallest absolute Gasteiger partial charge is 0.224 e. The van der Waals surface area contributed by atoms with Crippen LogP contribution in [0.25, 0.3) is 0 Å². The number of carbonyl (C=O) groups excluding carboxylic acids is 1. The van der Waals surface area contributed by atoms with E-state index < -0.39 is 0 Å². The van der Waals surface area contributed by atoms with E-state index in [2.05, 4.69) is 19.2 Å². The van der Waals surface area contributed by atoms with Gasteiger partial charge in [0.2, 0.25) is 5.91 Å². The van der Waals surface area contributed by atoms with E-state index in [0.717, 1.165) is 11.3 Å². The van der Waals surface area contributed by atoms with Crippen LogP contribution in [0.4, 0.5) is 0 Å². The molecule has 1 N–H and O–H groups in total. The van der Waals surface area contributed by atoms with E-state index in [1.807, 2.05) is 48.5 Å².